The molecule has 2 heterocycles. The largest absolute Gasteiger partial charge is 0.455 e. The summed E-state index contributed by atoms with van der Waals surface area (Å²) in [5, 5.41) is 29.4. The molecule has 0 saturated heterocycles. The second kappa shape index (κ2) is 26.4. The van der Waals surface area contributed by atoms with Crippen molar-refractivity contribution >= 4 is 152 Å². The van der Waals surface area contributed by atoms with Gasteiger partial charge in [-0.25, -0.2) is 0 Å². The third kappa shape index (κ3) is 10.5. The summed E-state index contributed by atoms with van der Waals surface area (Å²) in [7, 11) is 0. The van der Waals surface area contributed by atoms with Crippen LogP contribution in [0.15, 0.2) is 421 Å². The van der Waals surface area contributed by atoms with Crippen LogP contribution in [0, 0.1) is 0 Å². The highest BCUT2D eigenvalue weighted by Crippen LogP contribution is 2.50. The molecule has 0 saturated carbocycles. The first-order chi connectivity index (χ1) is 56.5. The highest BCUT2D eigenvalue weighted by atomic mass is 16.3. The molecule has 0 atom stereocenters. The Hall–Kier alpha value is -15.0. The third-order valence-electron chi connectivity index (χ3n) is 24.1. The lowest BCUT2D eigenvalue weighted by Crippen LogP contribution is -1.91. The van der Waals surface area contributed by atoms with E-state index in [9.17, 15) is 0 Å². The van der Waals surface area contributed by atoms with E-state index in [-0.39, 0.29) is 0 Å². The summed E-state index contributed by atoms with van der Waals surface area (Å²) in [6.45, 7) is 0. The van der Waals surface area contributed by atoms with Crippen LogP contribution in [-0.2, 0) is 0 Å². The predicted molar refractivity (Wildman–Crippen MR) is 486 cm³/mol. The Morgan fingerprint density at radius 1 is 0.132 bits per heavy atom. The van der Waals surface area contributed by atoms with Gasteiger partial charge in [0.25, 0.3) is 0 Å². The number of hydrogen-bond acceptors (Lipinski definition) is 2. The van der Waals surface area contributed by atoms with Crippen LogP contribution in [-0.4, -0.2) is 0 Å². The minimum absolute atomic E-state index is 0.904. The Morgan fingerprint density at radius 3 is 0.851 bits per heavy atom. The quantitative estimate of drug-likeness (QED) is 0.112. The van der Waals surface area contributed by atoms with Gasteiger partial charge in [-0.1, -0.05) is 370 Å². The summed E-state index contributed by atoms with van der Waals surface area (Å²) in [6.07, 6.45) is 0. The van der Waals surface area contributed by atoms with Crippen LogP contribution in [0.2, 0.25) is 0 Å². The number of fused-ring (bicyclic) bond motifs is 22. The fourth-order valence-corrected chi connectivity index (χ4v) is 18.9. The highest BCUT2D eigenvalue weighted by Gasteiger charge is 2.23. The molecular weight excluding hydrogens is 1380 g/mol. The van der Waals surface area contributed by atoms with E-state index in [2.05, 4.69) is 413 Å². The zero-order valence-electron chi connectivity index (χ0n) is 62.1. The lowest BCUT2D eigenvalue weighted by Gasteiger charge is -2.18. The van der Waals surface area contributed by atoms with Crippen molar-refractivity contribution in [3.05, 3.63) is 413 Å². The van der Waals surface area contributed by atoms with Gasteiger partial charge < -0.3 is 8.83 Å². The Morgan fingerprint density at radius 2 is 0.412 bits per heavy atom. The minimum Gasteiger partial charge on any atom is -0.455 e. The van der Waals surface area contributed by atoms with Crippen molar-refractivity contribution < 1.29 is 8.83 Å². The number of hydrogen-bond donors (Lipinski definition) is 0. The molecule has 0 radical (unpaired) electrons. The van der Waals surface area contributed by atoms with E-state index in [0.29, 0.717) is 0 Å². The maximum atomic E-state index is 6.77. The van der Waals surface area contributed by atoms with Gasteiger partial charge in [0.1, 0.15) is 22.3 Å². The summed E-state index contributed by atoms with van der Waals surface area (Å²) in [5.74, 6) is 0. The predicted octanol–water partition coefficient (Wildman–Crippen LogP) is 32.0. The zero-order chi connectivity index (χ0) is 74.9. The van der Waals surface area contributed by atoms with Gasteiger partial charge in [-0.3, -0.25) is 0 Å². The Balaban J connectivity index is 0.000000135. The van der Waals surface area contributed by atoms with E-state index < -0.39 is 0 Å². The number of furan rings is 2. The van der Waals surface area contributed by atoms with Crippen LogP contribution in [0.25, 0.3) is 241 Å². The van der Waals surface area contributed by atoms with E-state index in [1.54, 1.807) is 0 Å². The Labute approximate surface area is 657 Å². The molecule has 0 N–H and O–H groups in total. The maximum Gasteiger partial charge on any atom is 0.143 e. The van der Waals surface area contributed by atoms with Gasteiger partial charge in [-0.15, -0.1) is 0 Å². The molecule has 0 aliphatic heterocycles. The molecule has 0 bridgehead atoms. The van der Waals surface area contributed by atoms with Gasteiger partial charge >= 0.3 is 0 Å². The number of benzene rings is 22. The van der Waals surface area contributed by atoms with Crippen molar-refractivity contribution in [2.24, 2.45) is 0 Å². The second-order valence-corrected chi connectivity index (χ2v) is 30.3. The fourth-order valence-electron chi connectivity index (χ4n) is 18.9. The van der Waals surface area contributed by atoms with Gasteiger partial charge in [-0.2, -0.15) is 0 Å². The number of rotatable bonds is 8. The van der Waals surface area contributed by atoms with E-state index in [1.807, 2.05) is 0 Å². The van der Waals surface area contributed by atoms with Crippen molar-refractivity contribution in [3.8, 4) is 89.0 Å². The molecule has 0 amide bonds. The van der Waals surface area contributed by atoms with Gasteiger partial charge in [0.2, 0.25) is 0 Å². The first-order valence-electron chi connectivity index (χ1n) is 39.3. The molecular formula is C112H68O2. The van der Waals surface area contributed by atoms with E-state index in [4.69, 9.17) is 8.83 Å². The molecule has 528 valence electrons. The smallest absolute Gasteiger partial charge is 0.143 e. The molecule has 114 heavy (non-hydrogen) atoms. The third-order valence-corrected chi connectivity index (χ3v) is 24.1. The van der Waals surface area contributed by atoms with Crippen LogP contribution >= 0.6 is 0 Å². The minimum atomic E-state index is 0.904. The molecule has 0 aliphatic carbocycles. The van der Waals surface area contributed by atoms with Gasteiger partial charge in [-0.05, 0) is 228 Å². The van der Waals surface area contributed by atoms with Crippen molar-refractivity contribution in [1.82, 2.24) is 0 Å². The van der Waals surface area contributed by atoms with Gasteiger partial charge in [0.05, 0.1) is 0 Å². The van der Waals surface area contributed by atoms with Crippen molar-refractivity contribution in [3.63, 3.8) is 0 Å². The molecule has 0 unspecified atom stereocenters. The van der Waals surface area contributed by atoms with Crippen molar-refractivity contribution in [1.29, 1.82) is 0 Å². The molecule has 2 aromatic heterocycles. The standard InChI is InChI=1S/2C56H34O/c1-2-17-41-35(13-1)14-12-26-42(41)36-27-29-37(30-28-36)53-46-21-6-8-23-48(46)54(49-24-9-7-22-47(49)53)40-16-11-15-38(33-40)39-31-32-51-52(34-39)57-56-50-25-10-4-19-44(50)43-18-3-5-20-45(43)55(51)56;1-2-13-38-32-40(29-26-35(38)12-1)36-24-27-37(28-25-36)53-46-19-6-8-21-48(46)54(49-22-9-7-20-47(49)53)42-15-11-14-39(33-42)41-30-31-51-52(34-41)57-56-50-23-10-4-17-44(50)43-16-3-5-18-45(43)55(51)56/h2*1-34H. The SMILES string of the molecule is c1cc(-c2ccc3c(c2)oc2c4ccccc4c4ccccc4c32)cc(-c2c3ccccc3c(-c3ccc(-c4ccc5ccccc5c4)cc3)c3ccccc23)c1.c1cc(-c2ccc3c(c2)oc2c4ccccc4c4ccccc4c32)cc(-c2c3ccccc3c(-c3ccc(-c4cccc5ccccc45)cc3)c3ccccc23)c1. The molecule has 24 aromatic rings. The molecule has 0 fully saturated rings. The molecule has 22 aromatic carbocycles. The van der Waals surface area contributed by atoms with Crippen LogP contribution in [0.4, 0.5) is 0 Å². The average molecular weight is 1450 g/mol. The fraction of sp³-hybridized carbons (Fsp3) is 0. The maximum absolute atomic E-state index is 6.77. The second-order valence-electron chi connectivity index (χ2n) is 30.3. The summed E-state index contributed by atoms with van der Waals surface area (Å²) in [5.41, 5.74) is 23.1. The van der Waals surface area contributed by atoms with E-state index >= 15 is 0 Å². The molecule has 0 spiro atoms. The summed E-state index contributed by atoms with van der Waals surface area (Å²) < 4.78 is 13.5. The molecule has 24 rings (SSSR count). The van der Waals surface area contributed by atoms with Crippen molar-refractivity contribution in [2.75, 3.05) is 0 Å². The van der Waals surface area contributed by atoms with Crippen LogP contribution in [0.3, 0.4) is 0 Å². The summed E-state index contributed by atoms with van der Waals surface area (Å²) >= 11 is 0. The topological polar surface area (TPSA) is 26.3 Å². The average Bonchev–Trinajstić information content (AvgIpc) is 1.66. The molecule has 2 nitrogen and oxygen atoms in total. The Kier molecular flexibility index (Phi) is 15.0. The lowest BCUT2D eigenvalue weighted by molar-refractivity contribution is 0.672. The van der Waals surface area contributed by atoms with Crippen LogP contribution in [0.5, 0.6) is 0 Å². The van der Waals surface area contributed by atoms with Gasteiger partial charge in [0, 0.05) is 32.3 Å². The lowest BCUT2D eigenvalue weighted by atomic mass is 9.85. The normalized spacial score (nSPS) is 11.9. The monoisotopic (exact) mass is 1440 g/mol. The summed E-state index contributed by atoms with van der Waals surface area (Å²) in [6, 6.07) is 150. The van der Waals surface area contributed by atoms with E-state index in [0.717, 1.165) is 66.1 Å². The first-order valence-corrected chi connectivity index (χ1v) is 39.3. The molecule has 0 aliphatic rings. The summed E-state index contributed by atoms with van der Waals surface area (Å²) in [4.78, 5) is 0. The first kappa shape index (κ1) is 65.0. The Bertz CT molecular complexity index is 7970. The van der Waals surface area contributed by atoms with Crippen LogP contribution in [0.1, 0.15) is 0 Å². The van der Waals surface area contributed by atoms with Crippen molar-refractivity contribution in [2.45, 2.75) is 0 Å². The molecule has 2 heteroatoms. The zero-order valence-corrected chi connectivity index (χ0v) is 62.1. The van der Waals surface area contributed by atoms with E-state index in [1.165, 1.54) is 174 Å². The highest BCUT2D eigenvalue weighted by molar-refractivity contribution is 6.32. The van der Waals surface area contributed by atoms with Gasteiger partial charge in [0.15, 0.2) is 0 Å². The van der Waals surface area contributed by atoms with Crippen LogP contribution < -0.4 is 0 Å².